The molecular weight excluding hydrogens is 300 g/mol. The molecule has 1 atom stereocenters. The largest absolute Gasteiger partial charge is 0.482 e. The third-order valence-corrected chi connectivity index (χ3v) is 4.30. The van der Waals surface area contributed by atoms with Crippen LogP contribution in [0.5, 0.6) is 5.75 Å². The lowest BCUT2D eigenvalue weighted by atomic mass is 10.2. The van der Waals surface area contributed by atoms with Gasteiger partial charge in [0.1, 0.15) is 5.75 Å². The Balaban J connectivity index is 1.66. The summed E-state index contributed by atoms with van der Waals surface area (Å²) < 4.78 is 16.7. The molecule has 5 nitrogen and oxygen atoms in total. The third kappa shape index (κ3) is 3.28. The molecule has 0 saturated carbocycles. The van der Waals surface area contributed by atoms with E-state index in [1.165, 1.54) is 0 Å². The topological polar surface area (TPSA) is 67.4 Å². The maximum Gasteiger partial charge on any atom is 0.262 e. The van der Waals surface area contributed by atoms with E-state index in [0.29, 0.717) is 18.0 Å². The van der Waals surface area contributed by atoms with Crippen LogP contribution < -0.4 is 15.4 Å². The zero-order chi connectivity index (χ0) is 15.5. The Morgan fingerprint density at radius 3 is 2.73 bits per heavy atom. The highest BCUT2D eigenvalue weighted by atomic mass is 32.2. The van der Waals surface area contributed by atoms with E-state index < -0.39 is 10.8 Å². The smallest absolute Gasteiger partial charge is 0.262 e. The predicted octanol–water partition coefficient (Wildman–Crippen LogP) is 2.37. The molecule has 0 radical (unpaired) electrons. The average molecular weight is 316 g/mol. The first-order chi connectivity index (χ1) is 10.6. The summed E-state index contributed by atoms with van der Waals surface area (Å²) in [5.41, 5.74) is 2.70. The fourth-order valence-corrected chi connectivity index (χ4v) is 2.71. The van der Waals surface area contributed by atoms with Gasteiger partial charge in [0.05, 0.1) is 5.69 Å². The molecule has 1 heterocycles. The average Bonchev–Trinajstić information content (AvgIpc) is 2.53. The zero-order valence-corrected chi connectivity index (χ0v) is 12.9. The van der Waals surface area contributed by atoms with Crippen molar-refractivity contribution in [2.75, 3.05) is 23.5 Å². The summed E-state index contributed by atoms with van der Waals surface area (Å²) in [6.45, 7) is 0.702. The van der Waals surface area contributed by atoms with Crippen molar-refractivity contribution in [2.24, 2.45) is 0 Å². The lowest BCUT2D eigenvalue weighted by molar-refractivity contribution is -0.118. The number of nitrogens with one attached hydrogen (secondary N) is 2. The van der Waals surface area contributed by atoms with E-state index in [2.05, 4.69) is 10.6 Å². The molecule has 6 heteroatoms. The van der Waals surface area contributed by atoms with E-state index >= 15 is 0 Å². The monoisotopic (exact) mass is 316 g/mol. The Morgan fingerprint density at radius 2 is 2.00 bits per heavy atom. The Bertz CT molecular complexity index is 729. The highest BCUT2D eigenvalue weighted by Crippen LogP contribution is 2.30. The van der Waals surface area contributed by atoms with Gasteiger partial charge < -0.3 is 15.4 Å². The lowest BCUT2D eigenvalue weighted by Crippen LogP contribution is -2.25. The van der Waals surface area contributed by atoms with E-state index in [9.17, 15) is 9.00 Å². The lowest BCUT2D eigenvalue weighted by Gasteiger charge is -2.19. The minimum Gasteiger partial charge on any atom is -0.482 e. The first-order valence-corrected chi connectivity index (χ1v) is 8.40. The minimum atomic E-state index is -0.953. The van der Waals surface area contributed by atoms with Crippen LogP contribution in [0.15, 0.2) is 47.4 Å². The second kappa shape index (κ2) is 6.19. The van der Waals surface area contributed by atoms with Crippen LogP contribution in [-0.4, -0.2) is 23.0 Å². The number of hydrogen-bond acceptors (Lipinski definition) is 4. The van der Waals surface area contributed by atoms with Gasteiger partial charge in [0.15, 0.2) is 6.61 Å². The van der Waals surface area contributed by atoms with E-state index in [-0.39, 0.29) is 12.5 Å². The number of carbonyl (C=O) groups is 1. The number of hydrogen-bond donors (Lipinski definition) is 2. The fourth-order valence-electron chi connectivity index (χ4n) is 2.19. The van der Waals surface area contributed by atoms with Gasteiger partial charge in [0.25, 0.3) is 5.91 Å². The third-order valence-electron chi connectivity index (χ3n) is 3.37. The van der Waals surface area contributed by atoms with E-state index in [1.807, 2.05) is 42.5 Å². The molecule has 114 valence electrons. The summed E-state index contributed by atoms with van der Waals surface area (Å²) in [6.07, 6.45) is 1.67. The van der Waals surface area contributed by atoms with Crippen LogP contribution in [0, 0.1) is 0 Å². The first-order valence-electron chi connectivity index (χ1n) is 6.85. The summed E-state index contributed by atoms with van der Waals surface area (Å²) in [5, 5.41) is 6.06. The number of ether oxygens (including phenoxy) is 1. The van der Waals surface area contributed by atoms with E-state index in [0.717, 1.165) is 16.1 Å². The van der Waals surface area contributed by atoms with Crippen molar-refractivity contribution in [1.82, 2.24) is 0 Å². The molecule has 22 heavy (non-hydrogen) atoms. The van der Waals surface area contributed by atoms with Gasteiger partial charge in [-0.2, -0.15) is 0 Å². The van der Waals surface area contributed by atoms with Gasteiger partial charge >= 0.3 is 0 Å². The van der Waals surface area contributed by atoms with Gasteiger partial charge in [0, 0.05) is 40.2 Å². The standard InChI is InChI=1S/C16H16N2O3S/c1-22(20)13-5-2-11(3-6-13)9-17-12-4-7-14-15(8-12)21-10-16(19)18-14/h2-8,17H,9-10H2,1H3,(H,18,19)/t22-/m0/s1. The second-order valence-corrected chi connectivity index (χ2v) is 6.38. The Morgan fingerprint density at radius 1 is 1.23 bits per heavy atom. The summed E-state index contributed by atoms with van der Waals surface area (Å²) in [6, 6.07) is 13.2. The van der Waals surface area contributed by atoms with Crippen LogP contribution in [0.1, 0.15) is 5.56 Å². The van der Waals surface area contributed by atoms with Crippen molar-refractivity contribution in [2.45, 2.75) is 11.4 Å². The predicted molar refractivity (Wildman–Crippen MR) is 86.7 cm³/mol. The number of fused-ring (bicyclic) bond motifs is 1. The second-order valence-electron chi connectivity index (χ2n) is 5.00. The van der Waals surface area contributed by atoms with Crippen LogP contribution in [0.3, 0.4) is 0 Å². The molecule has 1 amide bonds. The molecule has 2 aromatic rings. The maximum atomic E-state index is 11.3. The van der Waals surface area contributed by atoms with Gasteiger partial charge in [-0.25, -0.2) is 0 Å². The summed E-state index contributed by atoms with van der Waals surface area (Å²) in [4.78, 5) is 12.0. The number of anilines is 2. The van der Waals surface area contributed by atoms with Crippen LogP contribution in [0.4, 0.5) is 11.4 Å². The molecule has 0 spiro atoms. The Kier molecular flexibility index (Phi) is 4.11. The van der Waals surface area contributed by atoms with Gasteiger partial charge in [-0.1, -0.05) is 12.1 Å². The van der Waals surface area contributed by atoms with Crippen molar-refractivity contribution in [3.05, 3.63) is 48.0 Å². The quantitative estimate of drug-likeness (QED) is 0.909. The molecule has 0 aliphatic carbocycles. The molecule has 3 rings (SSSR count). The normalized spacial score (nSPS) is 14.5. The molecule has 0 bridgehead atoms. The molecule has 1 aliphatic heterocycles. The van der Waals surface area contributed by atoms with Crippen LogP contribution >= 0.6 is 0 Å². The molecular formula is C16H16N2O3S. The van der Waals surface area contributed by atoms with E-state index in [1.54, 1.807) is 6.26 Å². The van der Waals surface area contributed by atoms with Gasteiger partial charge in [-0.3, -0.25) is 9.00 Å². The van der Waals surface area contributed by atoms with Crippen molar-refractivity contribution in [3.63, 3.8) is 0 Å². The maximum absolute atomic E-state index is 11.3. The Hall–Kier alpha value is -2.34. The van der Waals surface area contributed by atoms with Crippen molar-refractivity contribution < 1.29 is 13.7 Å². The number of benzene rings is 2. The minimum absolute atomic E-state index is 0.0477. The van der Waals surface area contributed by atoms with Gasteiger partial charge in [-0.15, -0.1) is 0 Å². The van der Waals surface area contributed by atoms with E-state index in [4.69, 9.17) is 4.74 Å². The zero-order valence-electron chi connectivity index (χ0n) is 12.1. The molecule has 2 aromatic carbocycles. The SMILES string of the molecule is C[S@](=O)c1ccc(CNc2ccc3c(c2)OCC(=O)N3)cc1. The highest BCUT2D eigenvalue weighted by Gasteiger charge is 2.15. The number of amides is 1. The van der Waals surface area contributed by atoms with Crippen molar-refractivity contribution in [3.8, 4) is 5.75 Å². The van der Waals surface area contributed by atoms with Gasteiger partial charge in [-0.05, 0) is 29.8 Å². The molecule has 0 fully saturated rings. The molecule has 2 N–H and O–H groups in total. The molecule has 0 saturated heterocycles. The first kappa shape index (κ1) is 14.6. The summed E-state index contributed by atoms with van der Waals surface area (Å²) in [5.74, 6) is 0.530. The van der Waals surface area contributed by atoms with Crippen molar-refractivity contribution in [1.29, 1.82) is 0 Å². The van der Waals surface area contributed by atoms with Crippen LogP contribution in [0.2, 0.25) is 0 Å². The van der Waals surface area contributed by atoms with Gasteiger partial charge in [0.2, 0.25) is 0 Å². The highest BCUT2D eigenvalue weighted by molar-refractivity contribution is 7.84. The summed E-state index contributed by atoms with van der Waals surface area (Å²) >= 11 is 0. The number of rotatable bonds is 4. The van der Waals surface area contributed by atoms with Crippen LogP contribution in [-0.2, 0) is 22.1 Å². The summed E-state index contributed by atoms with van der Waals surface area (Å²) in [7, 11) is -0.953. The molecule has 0 unspecified atom stereocenters. The number of carbonyl (C=O) groups excluding carboxylic acids is 1. The van der Waals surface area contributed by atoms with Crippen molar-refractivity contribution >= 4 is 28.1 Å². The fraction of sp³-hybridized carbons (Fsp3) is 0.188. The molecule has 1 aliphatic rings. The van der Waals surface area contributed by atoms with Crippen LogP contribution in [0.25, 0.3) is 0 Å². The Labute approximate surface area is 131 Å². The molecule has 0 aromatic heterocycles.